The molecule has 0 spiro atoms. The van der Waals surface area contributed by atoms with Gasteiger partial charge >= 0.3 is 0 Å². The van der Waals surface area contributed by atoms with Crippen LogP contribution >= 0.6 is 12.4 Å². The van der Waals surface area contributed by atoms with E-state index in [1.165, 1.54) is 0 Å². The Hall–Kier alpha value is -0.330. The summed E-state index contributed by atoms with van der Waals surface area (Å²) in [6, 6.07) is 0.238. The van der Waals surface area contributed by atoms with E-state index in [1.54, 1.807) is 0 Å². The monoisotopic (exact) mass is 338 g/mol. The van der Waals surface area contributed by atoms with Crippen LogP contribution < -0.4 is 5.32 Å². The molecule has 5 nitrogen and oxygen atoms in total. The molecule has 1 unspecified atom stereocenters. The van der Waals surface area contributed by atoms with E-state index in [4.69, 9.17) is 0 Å². The number of halogens is 1. The molecule has 1 aliphatic carbocycles. The van der Waals surface area contributed by atoms with Crippen LogP contribution in [0, 0.1) is 0 Å². The predicted octanol–water partition coefficient (Wildman–Crippen LogP) is 1.37. The van der Waals surface area contributed by atoms with Gasteiger partial charge in [0.05, 0.1) is 11.0 Å². The van der Waals surface area contributed by atoms with Gasteiger partial charge in [-0.15, -0.1) is 12.4 Å². The van der Waals surface area contributed by atoms with Crippen molar-refractivity contribution in [1.82, 2.24) is 10.2 Å². The van der Waals surface area contributed by atoms with Gasteiger partial charge in [-0.05, 0) is 32.7 Å². The molecule has 1 aliphatic heterocycles. The highest BCUT2D eigenvalue weighted by Gasteiger charge is 2.32. The van der Waals surface area contributed by atoms with Crippen molar-refractivity contribution in [3.05, 3.63) is 0 Å². The number of hydrogen-bond acceptors (Lipinski definition) is 4. The molecular weight excluding hydrogens is 312 g/mol. The van der Waals surface area contributed by atoms with E-state index in [0.29, 0.717) is 0 Å². The molecule has 1 saturated heterocycles. The fraction of sp³-hybridized carbons (Fsp3) is 0.929. The average Bonchev–Trinajstić information content (AvgIpc) is 3.07. The van der Waals surface area contributed by atoms with E-state index in [1.807, 2.05) is 11.9 Å². The second-order valence-electron chi connectivity index (χ2n) is 5.96. The summed E-state index contributed by atoms with van der Waals surface area (Å²) in [5, 5.41) is 2.91. The zero-order valence-corrected chi connectivity index (χ0v) is 14.3. The minimum Gasteiger partial charge on any atom is -0.338 e. The number of sulfone groups is 1. The molecule has 1 amide bonds. The highest BCUT2D eigenvalue weighted by molar-refractivity contribution is 7.92. The number of nitrogens with zero attached hydrogens (tertiary/aromatic N) is 1. The number of likely N-dealkylation sites (tertiary alicyclic amines) is 1. The Morgan fingerprint density at radius 3 is 2.48 bits per heavy atom. The number of amides is 1. The lowest BCUT2D eigenvalue weighted by atomic mass is 10.2. The molecule has 1 saturated carbocycles. The van der Waals surface area contributed by atoms with Crippen LogP contribution in [-0.4, -0.2) is 56.4 Å². The van der Waals surface area contributed by atoms with Gasteiger partial charge in [0.25, 0.3) is 0 Å². The maximum Gasteiger partial charge on any atom is 0.223 e. The van der Waals surface area contributed by atoms with Gasteiger partial charge in [0, 0.05) is 25.6 Å². The Balaban J connectivity index is 0.00000220. The standard InChI is InChI=1S/C14H26N2O3S.ClH/c1-15-11-12-5-4-9-16(12)14(17)8-10-20(18,19)13-6-2-3-7-13;/h12-13,15H,2-11H2,1H3;1H. The maximum atomic E-state index is 12.2. The summed E-state index contributed by atoms with van der Waals surface area (Å²) in [4.78, 5) is 14.1. The second-order valence-corrected chi connectivity index (χ2v) is 8.36. The van der Waals surface area contributed by atoms with Gasteiger partial charge < -0.3 is 10.2 Å². The van der Waals surface area contributed by atoms with Gasteiger partial charge in [-0.2, -0.15) is 0 Å². The van der Waals surface area contributed by atoms with E-state index < -0.39 is 9.84 Å². The molecule has 0 bridgehead atoms. The third kappa shape index (κ3) is 4.83. The number of nitrogens with one attached hydrogen (secondary N) is 1. The number of hydrogen-bond donors (Lipinski definition) is 1. The molecule has 0 radical (unpaired) electrons. The van der Waals surface area contributed by atoms with Gasteiger partial charge in [-0.25, -0.2) is 8.42 Å². The molecule has 21 heavy (non-hydrogen) atoms. The lowest BCUT2D eigenvalue weighted by Gasteiger charge is -2.24. The van der Waals surface area contributed by atoms with Crippen LogP contribution in [-0.2, 0) is 14.6 Å². The molecule has 7 heteroatoms. The lowest BCUT2D eigenvalue weighted by molar-refractivity contribution is -0.131. The number of rotatable bonds is 6. The number of carbonyl (C=O) groups excluding carboxylic acids is 1. The van der Waals surface area contributed by atoms with Crippen molar-refractivity contribution in [3.8, 4) is 0 Å². The van der Waals surface area contributed by atoms with Gasteiger partial charge in [0.2, 0.25) is 5.91 Å². The van der Waals surface area contributed by atoms with Crippen LogP contribution in [0.15, 0.2) is 0 Å². The Labute approximate surface area is 134 Å². The van der Waals surface area contributed by atoms with Crippen LogP contribution in [0.1, 0.15) is 44.9 Å². The molecule has 124 valence electrons. The summed E-state index contributed by atoms with van der Waals surface area (Å²) < 4.78 is 24.4. The van der Waals surface area contributed by atoms with Crippen molar-refractivity contribution < 1.29 is 13.2 Å². The van der Waals surface area contributed by atoms with Crippen molar-refractivity contribution >= 4 is 28.2 Å². The first-order chi connectivity index (χ1) is 9.54. The van der Waals surface area contributed by atoms with Crippen molar-refractivity contribution in [2.75, 3.05) is 25.9 Å². The molecule has 1 atom stereocenters. The zero-order valence-electron chi connectivity index (χ0n) is 12.7. The quantitative estimate of drug-likeness (QED) is 0.794. The Kier molecular flexibility index (Phi) is 7.44. The molecule has 0 aromatic heterocycles. The molecule has 0 aromatic rings. The maximum absolute atomic E-state index is 12.2. The predicted molar refractivity (Wildman–Crippen MR) is 86.6 cm³/mol. The molecule has 2 fully saturated rings. The smallest absolute Gasteiger partial charge is 0.223 e. The van der Waals surface area contributed by atoms with E-state index in [0.717, 1.165) is 51.6 Å². The molecule has 1 heterocycles. The molecule has 0 aromatic carbocycles. The van der Waals surface area contributed by atoms with Gasteiger partial charge in [0.15, 0.2) is 9.84 Å². The summed E-state index contributed by atoms with van der Waals surface area (Å²) in [5.74, 6) is 0.0311. The summed E-state index contributed by atoms with van der Waals surface area (Å²) in [6.07, 6.45) is 5.77. The normalized spacial score (nSPS) is 23.3. The fourth-order valence-electron chi connectivity index (χ4n) is 3.40. The van der Waals surface area contributed by atoms with E-state index >= 15 is 0 Å². The van der Waals surface area contributed by atoms with Crippen LogP contribution in [0.25, 0.3) is 0 Å². The van der Waals surface area contributed by atoms with Crippen LogP contribution in [0.4, 0.5) is 0 Å². The van der Waals surface area contributed by atoms with Crippen LogP contribution in [0.2, 0.25) is 0 Å². The zero-order chi connectivity index (χ0) is 14.6. The molecule has 2 aliphatic rings. The minimum absolute atomic E-state index is 0. The third-order valence-electron chi connectivity index (χ3n) is 4.55. The van der Waals surface area contributed by atoms with Gasteiger partial charge in [0.1, 0.15) is 0 Å². The minimum atomic E-state index is -3.08. The van der Waals surface area contributed by atoms with Crippen molar-refractivity contribution in [2.45, 2.75) is 56.2 Å². The van der Waals surface area contributed by atoms with E-state index in [2.05, 4.69) is 5.32 Å². The number of carbonyl (C=O) groups is 1. The van der Waals surface area contributed by atoms with Crippen molar-refractivity contribution in [3.63, 3.8) is 0 Å². The van der Waals surface area contributed by atoms with E-state index in [9.17, 15) is 13.2 Å². The Bertz CT molecular complexity index is 436. The largest absolute Gasteiger partial charge is 0.338 e. The molecular formula is C14H27ClN2O3S. The summed E-state index contributed by atoms with van der Waals surface area (Å²) >= 11 is 0. The van der Waals surface area contributed by atoms with Gasteiger partial charge in [-0.3, -0.25) is 4.79 Å². The first kappa shape index (κ1) is 18.7. The highest BCUT2D eigenvalue weighted by atomic mass is 35.5. The second kappa shape index (κ2) is 8.34. The average molecular weight is 339 g/mol. The first-order valence-corrected chi connectivity index (χ1v) is 9.42. The third-order valence-corrected chi connectivity index (χ3v) is 6.81. The van der Waals surface area contributed by atoms with Crippen molar-refractivity contribution in [1.29, 1.82) is 0 Å². The SMILES string of the molecule is CNCC1CCCN1C(=O)CCS(=O)(=O)C1CCCC1.Cl. The molecule has 2 rings (SSSR count). The topological polar surface area (TPSA) is 66.5 Å². The van der Waals surface area contributed by atoms with Crippen molar-refractivity contribution in [2.24, 2.45) is 0 Å². The first-order valence-electron chi connectivity index (χ1n) is 7.70. The van der Waals surface area contributed by atoms with Crippen LogP contribution in [0.5, 0.6) is 0 Å². The van der Waals surface area contributed by atoms with E-state index in [-0.39, 0.29) is 41.8 Å². The summed E-state index contributed by atoms with van der Waals surface area (Å²) in [5.41, 5.74) is 0. The van der Waals surface area contributed by atoms with Gasteiger partial charge in [-0.1, -0.05) is 12.8 Å². The Morgan fingerprint density at radius 2 is 1.86 bits per heavy atom. The van der Waals surface area contributed by atoms with Crippen LogP contribution in [0.3, 0.4) is 0 Å². The highest BCUT2D eigenvalue weighted by Crippen LogP contribution is 2.26. The summed E-state index contributed by atoms with van der Waals surface area (Å²) in [6.45, 7) is 1.57. The number of likely N-dealkylation sites (N-methyl/N-ethyl adjacent to an activating group) is 1. The molecule has 1 N–H and O–H groups in total. The fourth-order valence-corrected chi connectivity index (χ4v) is 5.24. The lowest BCUT2D eigenvalue weighted by Crippen LogP contribution is -2.41. The summed E-state index contributed by atoms with van der Waals surface area (Å²) in [7, 11) is -1.20. The Morgan fingerprint density at radius 1 is 1.19 bits per heavy atom.